The Kier molecular flexibility index (Phi) is 6.42. The molecule has 2 aromatic carbocycles. The summed E-state index contributed by atoms with van der Waals surface area (Å²) in [5.41, 5.74) is 2.98. The van der Waals surface area contributed by atoms with Gasteiger partial charge in [-0.25, -0.2) is 9.67 Å². The number of aromatic nitrogens is 3. The Morgan fingerprint density at radius 1 is 1.03 bits per heavy atom. The molecule has 0 saturated heterocycles. The molecule has 0 radical (unpaired) electrons. The molecular weight excluding hydrogens is 424 g/mol. The Bertz CT molecular complexity index is 1280. The molecule has 0 fully saturated rings. The molecule has 4 aromatic rings. The maximum Gasteiger partial charge on any atom is 0.266 e. The van der Waals surface area contributed by atoms with E-state index in [1.165, 1.54) is 22.1 Å². The first-order chi connectivity index (χ1) is 15.5. The van der Waals surface area contributed by atoms with E-state index in [0.717, 1.165) is 21.9 Å². The minimum atomic E-state index is -0.225. The highest BCUT2D eigenvalue weighted by Gasteiger charge is 2.16. The third kappa shape index (κ3) is 4.76. The number of thiazole rings is 1. The number of hydrogen-bond donors (Lipinski definition) is 1. The maximum atomic E-state index is 12.7. The Balaban J connectivity index is 1.42. The highest BCUT2D eigenvalue weighted by molar-refractivity contribution is 7.17. The third-order valence-corrected chi connectivity index (χ3v) is 6.09. The Hall–Kier alpha value is -3.78. The Morgan fingerprint density at radius 3 is 2.50 bits per heavy atom. The fraction of sp³-hybridized carbons (Fsp3) is 0.167. The molecular formula is C24H22N4O3S. The highest BCUT2D eigenvalue weighted by Crippen LogP contribution is 2.27. The predicted octanol–water partition coefficient (Wildman–Crippen LogP) is 3.78. The van der Waals surface area contributed by atoms with Crippen LogP contribution in [0, 0.1) is 6.92 Å². The lowest BCUT2D eigenvalue weighted by atomic mass is 10.1. The van der Waals surface area contributed by atoms with Crippen LogP contribution >= 0.6 is 11.3 Å². The average molecular weight is 447 g/mol. The molecule has 0 aliphatic rings. The summed E-state index contributed by atoms with van der Waals surface area (Å²) in [6.45, 7) is 2.36. The normalized spacial score (nSPS) is 10.7. The third-order valence-electron chi connectivity index (χ3n) is 4.89. The van der Waals surface area contributed by atoms with Crippen molar-refractivity contribution < 1.29 is 9.53 Å². The fourth-order valence-corrected chi connectivity index (χ4v) is 4.18. The number of nitrogens with one attached hydrogen (secondary N) is 1. The summed E-state index contributed by atoms with van der Waals surface area (Å²) in [6.07, 6.45) is 0. The molecule has 0 spiro atoms. The lowest BCUT2D eigenvalue weighted by molar-refractivity contribution is 0.0955. The van der Waals surface area contributed by atoms with Crippen molar-refractivity contribution in [3.05, 3.63) is 87.7 Å². The number of carbonyl (C=O) groups excluding carboxylic acids is 1. The van der Waals surface area contributed by atoms with Gasteiger partial charge < -0.3 is 10.1 Å². The van der Waals surface area contributed by atoms with Crippen LogP contribution in [0.3, 0.4) is 0 Å². The summed E-state index contributed by atoms with van der Waals surface area (Å²) in [5.74, 6) is 0.542. The van der Waals surface area contributed by atoms with Crippen molar-refractivity contribution in [2.24, 2.45) is 0 Å². The van der Waals surface area contributed by atoms with Crippen LogP contribution in [-0.4, -0.2) is 34.3 Å². The quantitative estimate of drug-likeness (QED) is 0.467. The average Bonchev–Trinajstić information content (AvgIpc) is 3.22. The molecule has 32 heavy (non-hydrogen) atoms. The highest BCUT2D eigenvalue weighted by atomic mass is 32.1. The van der Waals surface area contributed by atoms with E-state index in [1.807, 2.05) is 61.5 Å². The molecule has 1 N–H and O–H groups in total. The van der Waals surface area contributed by atoms with Gasteiger partial charge in [-0.3, -0.25) is 9.59 Å². The molecule has 8 heteroatoms. The number of hydrogen-bond acceptors (Lipinski definition) is 6. The molecule has 0 unspecified atom stereocenters. The van der Waals surface area contributed by atoms with Crippen molar-refractivity contribution in [1.82, 2.24) is 20.1 Å². The molecule has 0 atom stereocenters. The van der Waals surface area contributed by atoms with E-state index in [1.54, 1.807) is 13.2 Å². The lowest BCUT2D eigenvalue weighted by Crippen LogP contribution is -2.31. The predicted molar refractivity (Wildman–Crippen MR) is 125 cm³/mol. The van der Waals surface area contributed by atoms with E-state index in [9.17, 15) is 9.59 Å². The van der Waals surface area contributed by atoms with Crippen molar-refractivity contribution in [2.75, 3.05) is 13.7 Å². The zero-order valence-corrected chi connectivity index (χ0v) is 18.6. The number of carbonyl (C=O) groups is 1. The van der Waals surface area contributed by atoms with Crippen molar-refractivity contribution in [1.29, 1.82) is 0 Å². The second-order valence-electron chi connectivity index (χ2n) is 7.06. The maximum absolute atomic E-state index is 12.7. The lowest BCUT2D eigenvalue weighted by Gasteiger charge is -2.09. The monoisotopic (exact) mass is 446 g/mol. The second-order valence-corrected chi connectivity index (χ2v) is 8.06. The molecule has 2 heterocycles. The minimum absolute atomic E-state index is 0.207. The van der Waals surface area contributed by atoms with Crippen LogP contribution in [0.15, 0.2) is 71.5 Å². The number of amides is 1. The van der Waals surface area contributed by atoms with Gasteiger partial charge in [0.1, 0.15) is 15.6 Å². The van der Waals surface area contributed by atoms with Crippen molar-refractivity contribution in [3.63, 3.8) is 0 Å². The van der Waals surface area contributed by atoms with Gasteiger partial charge in [-0.05, 0) is 37.3 Å². The summed E-state index contributed by atoms with van der Waals surface area (Å²) in [6, 6.07) is 20.4. The van der Waals surface area contributed by atoms with Gasteiger partial charge in [0.05, 0.1) is 25.0 Å². The minimum Gasteiger partial charge on any atom is -0.497 e. The van der Waals surface area contributed by atoms with E-state index in [2.05, 4.69) is 15.4 Å². The molecule has 0 aliphatic carbocycles. The topological polar surface area (TPSA) is 86.1 Å². The van der Waals surface area contributed by atoms with E-state index in [4.69, 9.17) is 4.74 Å². The van der Waals surface area contributed by atoms with Crippen molar-refractivity contribution in [3.8, 4) is 27.6 Å². The molecule has 162 valence electrons. The summed E-state index contributed by atoms with van der Waals surface area (Å²) in [7, 11) is 1.61. The van der Waals surface area contributed by atoms with Gasteiger partial charge in [0.25, 0.3) is 11.5 Å². The van der Waals surface area contributed by atoms with Crippen LogP contribution in [0.5, 0.6) is 5.75 Å². The van der Waals surface area contributed by atoms with Crippen LogP contribution in [-0.2, 0) is 6.54 Å². The number of benzene rings is 2. The zero-order chi connectivity index (χ0) is 22.5. The largest absolute Gasteiger partial charge is 0.497 e. The molecule has 0 aliphatic heterocycles. The van der Waals surface area contributed by atoms with Crippen LogP contribution in [0.1, 0.15) is 15.4 Å². The number of nitrogens with zero attached hydrogens (tertiary/aromatic N) is 3. The SMILES string of the molecule is COc1ccc(-c2ccc(=O)n(CCNC(=O)c3sc(-c4ccccc4)nc3C)n2)cc1. The fourth-order valence-electron chi connectivity index (χ4n) is 3.19. The summed E-state index contributed by atoms with van der Waals surface area (Å²) in [5, 5.41) is 8.11. The van der Waals surface area contributed by atoms with Gasteiger partial charge in [0, 0.05) is 23.7 Å². The molecule has 7 nitrogen and oxygen atoms in total. The van der Waals surface area contributed by atoms with Crippen molar-refractivity contribution >= 4 is 17.2 Å². The number of methoxy groups -OCH3 is 1. The zero-order valence-electron chi connectivity index (χ0n) is 17.7. The van der Waals surface area contributed by atoms with Crippen LogP contribution < -0.4 is 15.6 Å². The molecule has 0 bridgehead atoms. The van der Waals surface area contributed by atoms with Gasteiger partial charge in [0.2, 0.25) is 0 Å². The molecule has 1 amide bonds. The first-order valence-corrected chi connectivity index (χ1v) is 10.9. The molecule has 4 rings (SSSR count). The van der Waals surface area contributed by atoms with Gasteiger partial charge in [-0.15, -0.1) is 11.3 Å². The van der Waals surface area contributed by atoms with Gasteiger partial charge in [-0.1, -0.05) is 30.3 Å². The van der Waals surface area contributed by atoms with E-state index >= 15 is 0 Å². The first kappa shape index (κ1) is 21.5. The summed E-state index contributed by atoms with van der Waals surface area (Å²) in [4.78, 5) is 30.0. The van der Waals surface area contributed by atoms with Gasteiger partial charge in [-0.2, -0.15) is 5.10 Å². The molecule has 2 aromatic heterocycles. The smallest absolute Gasteiger partial charge is 0.266 e. The van der Waals surface area contributed by atoms with Crippen LogP contribution in [0.25, 0.3) is 21.8 Å². The molecule has 0 saturated carbocycles. The summed E-state index contributed by atoms with van der Waals surface area (Å²) < 4.78 is 6.53. The second kappa shape index (κ2) is 9.57. The summed E-state index contributed by atoms with van der Waals surface area (Å²) >= 11 is 1.36. The number of aryl methyl sites for hydroxylation is 1. The number of ether oxygens (including phenoxy) is 1. The first-order valence-electron chi connectivity index (χ1n) is 10.1. The van der Waals surface area contributed by atoms with Gasteiger partial charge in [0.15, 0.2) is 0 Å². The Labute approximate surface area is 189 Å². The standard InChI is InChI=1S/C24H22N4O3S/c1-16-22(32-24(26-16)18-6-4-3-5-7-18)23(30)25-14-15-28-21(29)13-12-20(27-28)17-8-10-19(31-2)11-9-17/h3-13H,14-15H2,1-2H3,(H,25,30). The van der Waals surface area contributed by atoms with E-state index in [0.29, 0.717) is 16.3 Å². The van der Waals surface area contributed by atoms with E-state index < -0.39 is 0 Å². The van der Waals surface area contributed by atoms with Crippen LogP contribution in [0.4, 0.5) is 0 Å². The van der Waals surface area contributed by atoms with Gasteiger partial charge >= 0.3 is 0 Å². The van der Waals surface area contributed by atoms with Crippen molar-refractivity contribution in [2.45, 2.75) is 13.5 Å². The number of rotatable bonds is 7. The van der Waals surface area contributed by atoms with E-state index in [-0.39, 0.29) is 24.6 Å². The van der Waals surface area contributed by atoms with Crippen LogP contribution in [0.2, 0.25) is 0 Å². The Morgan fingerprint density at radius 2 is 1.78 bits per heavy atom.